The van der Waals surface area contributed by atoms with Gasteiger partial charge < -0.3 is 26.0 Å². The normalized spacial score (nSPS) is 12.3. The van der Waals surface area contributed by atoms with Crippen molar-refractivity contribution in [2.24, 2.45) is 0 Å². The Hall–Kier alpha value is -3.89. The highest BCUT2D eigenvalue weighted by Gasteiger charge is 2.38. The van der Waals surface area contributed by atoms with Gasteiger partial charge in [-0.25, -0.2) is 4.79 Å². The van der Waals surface area contributed by atoms with Crippen LogP contribution in [0.1, 0.15) is 16.7 Å². The number of hydrogen-bond acceptors (Lipinski definition) is 7. The standard InChI is InChI=1S/C14H9F3N4O2.C2HF3O2/c15-14(16,17)23-7-1-2-10-6(3-7)4-8-11(19)9(5-18)12(20)21-13(8)22-10;3-2(4,5)1(6)7/h1-3H,4H2,(H4,19,20,21);(H,6,7). The molecular weight excluding hydrogens is 426 g/mol. The molecule has 0 atom stereocenters. The second-order valence-electron chi connectivity index (χ2n) is 5.58. The summed E-state index contributed by atoms with van der Waals surface area (Å²) >= 11 is 0. The quantitative estimate of drug-likeness (QED) is 0.493. The molecule has 5 N–H and O–H groups in total. The van der Waals surface area contributed by atoms with Crippen LogP contribution in [-0.2, 0) is 11.2 Å². The fourth-order valence-corrected chi connectivity index (χ4v) is 2.29. The van der Waals surface area contributed by atoms with Crippen LogP contribution < -0.4 is 20.9 Å². The van der Waals surface area contributed by atoms with Gasteiger partial charge in [0.2, 0.25) is 5.88 Å². The third-order valence-corrected chi connectivity index (χ3v) is 3.52. The number of benzene rings is 1. The summed E-state index contributed by atoms with van der Waals surface area (Å²) in [6.07, 6.45) is -9.72. The van der Waals surface area contributed by atoms with E-state index in [9.17, 15) is 26.3 Å². The molecule has 1 aliphatic rings. The molecule has 3 rings (SSSR count). The Labute approximate surface area is 163 Å². The molecular formula is C16H10F6N4O4. The van der Waals surface area contributed by atoms with Gasteiger partial charge in [-0.3, -0.25) is 0 Å². The monoisotopic (exact) mass is 436 g/mol. The number of nitrogens with zero attached hydrogens (tertiary/aromatic N) is 2. The highest BCUT2D eigenvalue weighted by atomic mass is 19.4. The van der Waals surface area contributed by atoms with Crippen LogP contribution >= 0.6 is 0 Å². The summed E-state index contributed by atoms with van der Waals surface area (Å²) in [4.78, 5) is 12.9. The van der Waals surface area contributed by atoms with Crippen LogP contribution in [0.25, 0.3) is 0 Å². The van der Waals surface area contributed by atoms with E-state index in [1.807, 2.05) is 6.07 Å². The number of ether oxygens (including phenoxy) is 2. The summed E-state index contributed by atoms with van der Waals surface area (Å²) in [6, 6.07) is 5.51. The third-order valence-electron chi connectivity index (χ3n) is 3.52. The molecule has 0 unspecified atom stereocenters. The van der Waals surface area contributed by atoms with Crippen molar-refractivity contribution in [3.8, 4) is 23.4 Å². The Kier molecular flexibility index (Phi) is 5.86. The Balaban J connectivity index is 0.000000396. The zero-order valence-corrected chi connectivity index (χ0v) is 14.4. The van der Waals surface area contributed by atoms with E-state index in [0.29, 0.717) is 16.9 Å². The van der Waals surface area contributed by atoms with Crippen molar-refractivity contribution in [3.05, 3.63) is 34.9 Å². The molecule has 0 fully saturated rings. The maximum absolute atomic E-state index is 12.3. The van der Waals surface area contributed by atoms with Gasteiger partial charge in [0.1, 0.15) is 28.9 Å². The first kappa shape index (κ1) is 22.4. The number of aromatic nitrogens is 1. The number of alkyl halides is 6. The molecule has 1 aromatic carbocycles. The first-order valence-electron chi connectivity index (χ1n) is 7.57. The van der Waals surface area contributed by atoms with Gasteiger partial charge in [0.15, 0.2) is 0 Å². The van der Waals surface area contributed by atoms with Gasteiger partial charge >= 0.3 is 18.5 Å². The van der Waals surface area contributed by atoms with E-state index in [1.165, 1.54) is 12.1 Å². The second-order valence-corrected chi connectivity index (χ2v) is 5.58. The number of rotatable bonds is 1. The molecule has 0 saturated carbocycles. The minimum atomic E-state index is -5.08. The first-order valence-corrected chi connectivity index (χ1v) is 7.57. The highest BCUT2D eigenvalue weighted by molar-refractivity contribution is 5.73. The fraction of sp³-hybridized carbons (Fsp3) is 0.188. The molecule has 0 spiro atoms. The summed E-state index contributed by atoms with van der Waals surface area (Å²) in [6.45, 7) is 0. The summed E-state index contributed by atoms with van der Waals surface area (Å²) in [5, 5.41) is 16.2. The van der Waals surface area contributed by atoms with Crippen molar-refractivity contribution in [1.29, 1.82) is 5.26 Å². The summed E-state index contributed by atoms with van der Waals surface area (Å²) in [5.74, 6) is -2.73. The Morgan fingerprint density at radius 3 is 2.33 bits per heavy atom. The summed E-state index contributed by atoms with van der Waals surface area (Å²) in [5.41, 5.74) is 12.4. The van der Waals surface area contributed by atoms with Gasteiger partial charge in [-0.05, 0) is 18.2 Å². The molecule has 0 aliphatic carbocycles. The van der Waals surface area contributed by atoms with Crippen LogP contribution in [0.15, 0.2) is 18.2 Å². The van der Waals surface area contributed by atoms with Crippen LogP contribution in [0.4, 0.5) is 37.8 Å². The molecule has 2 aromatic rings. The van der Waals surface area contributed by atoms with Crippen LogP contribution in [0.2, 0.25) is 0 Å². The summed E-state index contributed by atoms with van der Waals surface area (Å²) < 4.78 is 78.0. The predicted molar refractivity (Wildman–Crippen MR) is 87.5 cm³/mol. The number of hydrogen-bond donors (Lipinski definition) is 3. The number of carboxylic acid groups (broad SMARTS) is 1. The van der Waals surface area contributed by atoms with Crippen molar-refractivity contribution >= 4 is 17.5 Å². The smallest absolute Gasteiger partial charge is 0.475 e. The molecule has 14 heteroatoms. The average molecular weight is 436 g/mol. The zero-order valence-electron chi connectivity index (χ0n) is 14.4. The second kappa shape index (κ2) is 7.85. The molecule has 8 nitrogen and oxygen atoms in total. The number of halogens is 6. The zero-order chi connectivity index (χ0) is 22.9. The molecule has 2 heterocycles. The number of fused-ring (bicyclic) bond motifs is 2. The van der Waals surface area contributed by atoms with Crippen molar-refractivity contribution in [1.82, 2.24) is 4.98 Å². The van der Waals surface area contributed by atoms with Gasteiger partial charge in [0.05, 0.1) is 5.69 Å². The van der Waals surface area contributed by atoms with Gasteiger partial charge in [0, 0.05) is 17.5 Å². The Morgan fingerprint density at radius 2 is 1.83 bits per heavy atom. The number of aliphatic carboxylic acids is 1. The largest absolute Gasteiger partial charge is 0.573 e. The summed E-state index contributed by atoms with van der Waals surface area (Å²) in [7, 11) is 0. The molecule has 0 radical (unpaired) electrons. The van der Waals surface area contributed by atoms with Crippen LogP contribution in [0, 0.1) is 11.3 Å². The SMILES string of the molecule is N#Cc1c(N)nc2c(c1N)Cc1cc(OC(F)(F)F)ccc1O2.O=C(O)C(F)(F)F. The average Bonchev–Trinajstić information content (AvgIpc) is 2.59. The fourth-order valence-electron chi connectivity index (χ4n) is 2.29. The van der Waals surface area contributed by atoms with E-state index in [4.69, 9.17) is 31.4 Å². The van der Waals surface area contributed by atoms with Gasteiger partial charge in [0.25, 0.3) is 0 Å². The molecule has 0 bridgehead atoms. The number of nitrogen functional groups attached to an aromatic ring is 2. The van der Waals surface area contributed by atoms with Crippen LogP contribution in [-0.4, -0.2) is 28.6 Å². The number of pyridine rings is 1. The van der Waals surface area contributed by atoms with Gasteiger partial charge in [-0.15, -0.1) is 13.2 Å². The van der Waals surface area contributed by atoms with E-state index < -0.39 is 18.5 Å². The number of carbonyl (C=O) groups is 1. The molecule has 1 aromatic heterocycles. The molecule has 160 valence electrons. The molecule has 30 heavy (non-hydrogen) atoms. The van der Waals surface area contributed by atoms with Crippen molar-refractivity contribution in [2.45, 2.75) is 19.0 Å². The Bertz CT molecular complexity index is 1030. The lowest BCUT2D eigenvalue weighted by Crippen LogP contribution is -2.21. The van der Waals surface area contributed by atoms with Crippen molar-refractivity contribution in [2.75, 3.05) is 11.5 Å². The minimum absolute atomic E-state index is 0.0125. The van der Waals surface area contributed by atoms with Crippen molar-refractivity contribution < 1.29 is 45.7 Å². The predicted octanol–water partition coefficient (Wildman–Crippen LogP) is 3.35. The van der Waals surface area contributed by atoms with Gasteiger partial charge in [-0.1, -0.05) is 0 Å². The number of anilines is 2. The van der Waals surface area contributed by atoms with Crippen molar-refractivity contribution in [3.63, 3.8) is 0 Å². The van der Waals surface area contributed by atoms with E-state index in [2.05, 4.69) is 9.72 Å². The van der Waals surface area contributed by atoms with Crippen LogP contribution in [0.3, 0.4) is 0 Å². The van der Waals surface area contributed by atoms with E-state index >= 15 is 0 Å². The molecule has 0 saturated heterocycles. The minimum Gasteiger partial charge on any atom is -0.475 e. The van der Waals surface area contributed by atoms with Crippen LogP contribution in [0.5, 0.6) is 17.4 Å². The lowest BCUT2D eigenvalue weighted by atomic mass is 9.99. The molecule has 0 amide bonds. The lowest BCUT2D eigenvalue weighted by Gasteiger charge is -2.22. The maximum Gasteiger partial charge on any atom is 0.573 e. The van der Waals surface area contributed by atoms with Gasteiger partial charge in [-0.2, -0.15) is 23.4 Å². The number of carboxylic acids is 1. The lowest BCUT2D eigenvalue weighted by molar-refractivity contribution is -0.274. The van der Waals surface area contributed by atoms with E-state index in [-0.39, 0.29) is 35.1 Å². The first-order chi connectivity index (χ1) is 13.7. The number of nitriles is 1. The number of nitrogens with two attached hydrogens (primary N) is 2. The van der Waals surface area contributed by atoms with E-state index in [1.54, 1.807) is 0 Å². The topological polar surface area (TPSA) is 144 Å². The Morgan fingerprint density at radius 1 is 1.23 bits per heavy atom. The third kappa shape index (κ3) is 5.13. The van der Waals surface area contributed by atoms with E-state index in [0.717, 1.165) is 6.07 Å². The molecule has 1 aliphatic heterocycles. The highest BCUT2D eigenvalue weighted by Crippen LogP contribution is 2.41. The maximum atomic E-state index is 12.3.